The second-order valence-corrected chi connectivity index (χ2v) is 4.36. The summed E-state index contributed by atoms with van der Waals surface area (Å²) < 4.78 is 5.66. The van der Waals surface area contributed by atoms with Gasteiger partial charge in [0.05, 0.1) is 12.3 Å². The van der Waals surface area contributed by atoms with Gasteiger partial charge in [-0.3, -0.25) is 5.32 Å². The van der Waals surface area contributed by atoms with Crippen molar-refractivity contribution >= 4 is 34.2 Å². The van der Waals surface area contributed by atoms with Gasteiger partial charge in [0.2, 0.25) is 0 Å². The first-order valence-corrected chi connectivity index (χ1v) is 6.46. The Balaban J connectivity index is 2.37. The first-order valence-electron chi connectivity index (χ1n) is 5.93. The molecule has 4 nitrogen and oxygen atoms in total. The fourth-order valence-electron chi connectivity index (χ4n) is 1.86. The molecular weight excluding hydrogens is 266 g/mol. The third-order valence-corrected chi connectivity index (χ3v) is 2.93. The van der Waals surface area contributed by atoms with E-state index in [1.807, 2.05) is 24.3 Å². The van der Waals surface area contributed by atoms with Gasteiger partial charge in [-0.1, -0.05) is 24.3 Å². The summed E-state index contributed by atoms with van der Waals surface area (Å²) >= 11 is 5.61. The molecule has 0 atom stereocenters. The van der Waals surface area contributed by atoms with Crippen LogP contribution in [0.4, 0.5) is 10.5 Å². The second-order valence-electron chi connectivity index (χ2n) is 3.98. The Kier molecular flexibility index (Phi) is 4.47. The van der Waals surface area contributed by atoms with Crippen LogP contribution in [0.3, 0.4) is 0 Å². The monoisotopic (exact) mass is 279 g/mol. The van der Waals surface area contributed by atoms with Crippen LogP contribution in [-0.4, -0.2) is 23.7 Å². The second kappa shape index (κ2) is 6.29. The van der Waals surface area contributed by atoms with Crippen LogP contribution in [0.25, 0.3) is 10.8 Å². The molecule has 0 radical (unpaired) electrons. The molecule has 2 rings (SSSR count). The van der Waals surface area contributed by atoms with E-state index in [9.17, 15) is 4.79 Å². The lowest BCUT2D eigenvalue weighted by Crippen LogP contribution is -2.08. The molecule has 0 heterocycles. The summed E-state index contributed by atoms with van der Waals surface area (Å²) in [4.78, 5) is 10.8. The Hall–Kier alpha value is -1.94. The van der Waals surface area contributed by atoms with E-state index in [1.54, 1.807) is 12.1 Å². The molecule has 0 aliphatic rings. The van der Waals surface area contributed by atoms with E-state index < -0.39 is 6.09 Å². The molecule has 2 aromatic carbocycles. The number of carbonyl (C=O) groups is 1. The number of anilines is 1. The molecule has 0 aromatic heterocycles. The zero-order valence-corrected chi connectivity index (χ0v) is 11.0. The van der Waals surface area contributed by atoms with Gasteiger partial charge in [0, 0.05) is 16.7 Å². The maximum absolute atomic E-state index is 10.8. The first-order chi connectivity index (χ1) is 9.22. The summed E-state index contributed by atoms with van der Waals surface area (Å²) in [6.07, 6.45) is -0.314. The highest BCUT2D eigenvalue weighted by atomic mass is 35.5. The molecule has 100 valence electrons. The van der Waals surface area contributed by atoms with Crippen molar-refractivity contribution in [1.29, 1.82) is 0 Å². The van der Waals surface area contributed by atoms with E-state index in [2.05, 4.69) is 5.32 Å². The van der Waals surface area contributed by atoms with Crippen molar-refractivity contribution in [2.45, 2.75) is 6.42 Å². The molecule has 1 amide bonds. The number of fused-ring (bicyclic) bond motifs is 1. The summed E-state index contributed by atoms with van der Waals surface area (Å²) in [5, 5.41) is 12.9. The van der Waals surface area contributed by atoms with Gasteiger partial charge in [-0.15, -0.1) is 11.6 Å². The third kappa shape index (κ3) is 3.29. The molecule has 0 bridgehead atoms. The Morgan fingerprint density at radius 1 is 1.21 bits per heavy atom. The van der Waals surface area contributed by atoms with Crippen LogP contribution in [-0.2, 0) is 0 Å². The van der Waals surface area contributed by atoms with E-state index in [0.29, 0.717) is 18.2 Å². The van der Waals surface area contributed by atoms with Gasteiger partial charge in [-0.2, -0.15) is 0 Å². The minimum atomic E-state index is -1.08. The quantitative estimate of drug-likeness (QED) is 0.644. The first kappa shape index (κ1) is 13.5. The lowest BCUT2D eigenvalue weighted by Gasteiger charge is -2.12. The predicted octanol–water partition coefficient (Wildman–Crippen LogP) is 3.94. The van der Waals surface area contributed by atoms with Crippen LogP contribution >= 0.6 is 11.6 Å². The summed E-state index contributed by atoms with van der Waals surface area (Å²) in [5.74, 6) is 1.29. The molecule has 19 heavy (non-hydrogen) atoms. The van der Waals surface area contributed by atoms with Crippen LogP contribution in [0.2, 0.25) is 0 Å². The minimum absolute atomic E-state index is 0.541. The van der Waals surface area contributed by atoms with Crippen molar-refractivity contribution in [3.05, 3.63) is 36.4 Å². The van der Waals surface area contributed by atoms with Gasteiger partial charge in [-0.05, 0) is 18.6 Å². The number of amides is 1. The van der Waals surface area contributed by atoms with Gasteiger partial charge in [0.25, 0.3) is 0 Å². The zero-order chi connectivity index (χ0) is 13.7. The standard InChI is InChI=1S/C14H14ClNO3/c15-8-3-9-19-13-7-6-12(16-14(17)18)10-4-1-2-5-11(10)13/h1-2,4-7,16H,3,8-9H2,(H,17,18). The molecule has 0 fully saturated rings. The molecule has 0 saturated heterocycles. The maximum Gasteiger partial charge on any atom is 0.409 e. The lowest BCUT2D eigenvalue weighted by atomic mass is 10.1. The van der Waals surface area contributed by atoms with Crippen LogP contribution in [0.15, 0.2) is 36.4 Å². The average molecular weight is 280 g/mol. The molecule has 0 saturated carbocycles. The Bertz CT molecular complexity index is 586. The zero-order valence-electron chi connectivity index (χ0n) is 10.2. The SMILES string of the molecule is O=C(O)Nc1ccc(OCCCCl)c2ccccc12. The summed E-state index contributed by atoms with van der Waals surface area (Å²) in [7, 11) is 0. The maximum atomic E-state index is 10.8. The number of hydrogen-bond acceptors (Lipinski definition) is 2. The fraction of sp³-hybridized carbons (Fsp3) is 0.214. The number of carboxylic acid groups (broad SMARTS) is 1. The Morgan fingerprint density at radius 3 is 2.63 bits per heavy atom. The Labute approximate surface area is 115 Å². The van der Waals surface area contributed by atoms with E-state index in [1.165, 1.54) is 0 Å². The van der Waals surface area contributed by atoms with E-state index >= 15 is 0 Å². The van der Waals surface area contributed by atoms with E-state index in [-0.39, 0.29) is 0 Å². The molecule has 0 aliphatic heterocycles. The number of halogens is 1. The molecule has 0 spiro atoms. The highest BCUT2D eigenvalue weighted by molar-refractivity contribution is 6.17. The summed E-state index contributed by atoms with van der Waals surface area (Å²) in [6, 6.07) is 11.0. The number of nitrogens with one attached hydrogen (secondary N) is 1. The van der Waals surface area contributed by atoms with Gasteiger partial charge in [-0.25, -0.2) is 4.79 Å². The van der Waals surface area contributed by atoms with E-state index in [0.717, 1.165) is 22.9 Å². The molecule has 0 aliphatic carbocycles. The number of benzene rings is 2. The van der Waals surface area contributed by atoms with Crippen molar-refractivity contribution < 1.29 is 14.6 Å². The summed E-state index contributed by atoms with van der Waals surface area (Å²) in [6.45, 7) is 0.541. The van der Waals surface area contributed by atoms with Crippen LogP contribution in [0.5, 0.6) is 5.75 Å². The Morgan fingerprint density at radius 2 is 1.95 bits per heavy atom. The molecular formula is C14H14ClNO3. The van der Waals surface area contributed by atoms with Crippen LogP contribution in [0, 0.1) is 0 Å². The third-order valence-electron chi connectivity index (χ3n) is 2.66. The van der Waals surface area contributed by atoms with Crippen molar-refractivity contribution in [2.75, 3.05) is 17.8 Å². The summed E-state index contributed by atoms with van der Waals surface area (Å²) in [5.41, 5.74) is 0.549. The average Bonchev–Trinajstić information content (AvgIpc) is 2.41. The highest BCUT2D eigenvalue weighted by Crippen LogP contribution is 2.31. The van der Waals surface area contributed by atoms with Crippen molar-refractivity contribution in [3.63, 3.8) is 0 Å². The van der Waals surface area contributed by atoms with Crippen molar-refractivity contribution in [1.82, 2.24) is 0 Å². The van der Waals surface area contributed by atoms with Gasteiger partial charge in [0.15, 0.2) is 0 Å². The van der Waals surface area contributed by atoms with Gasteiger partial charge in [0.1, 0.15) is 5.75 Å². The van der Waals surface area contributed by atoms with Crippen LogP contribution < -0.4 is 10.1 Å². The molecule has 2 aromatic rings. The van der Waals surface area contributed by atoms with Crippen molar-refractivity contribution in [2.24, 2.45) is 0 Å². The predicted molar refractivity (Wildman–Crippen MR) is 76.4 cm³/mol. The number of ether oxygens (including phenoxy) is 1. The molecule has 0 unspecified atom stereocenters. The van der Waals surface area contributed by atoms with Gasteiger partial charge < -0.3 is 9.84 Å². The highest BCUT2D eigenvalue weighted by Gasteiger charge is 2.08. The van der Waals surface area contributed by atoms with Crippen LogP contribution in [0.1, 0.15) is 6.42 Å². The molecule has 2 N–H and O–H groups in total. The minimum Gasteiger partial charge on any atom is -0.493 e. The molecule has 5 heteroatoms. The van der Waals surface area contributed by atoms with E-state index in [4.69, 9.17) is 21.4 Å². The largest absolute Gasteiger partial charge is 0.493 e. The lowest BCUT2D eigenvalue weighted by molar-refractivity contribution is 0.210. The smallest absolute Gasteiger partial charge is 0.409 e. The number of alkyl halides is 1. The number of rotatable bonds is 5. The van der Waals surface area contributed by atoms with Gasteiger partial charge >= 0.3 is 6.09 Å². The van der Waals surface area contributed by atoms with Crippen molar-refractivity contribution in [3.8, 4) is 5.75 Å². The number of hydrogen-bond donors (Lipinski definition) is 2. The topological polar surface area (TPSA) is 58.6 Å². The normalized spacial score (nSPS) is 10.4. The fourth-order valence-corrected chi connectivity index (χ4v) is 1.97.